The van der Waals surface area contributed by atoms with Gasteiger partial charge < -0.3 is 20.8 Å². The molecule has 59 valence electrons. The van der Waals surface area contributed by atoms with Crippen molar-refractivity contribution < 1.29 is 53.4 Å². The Bertz CT molecular complexity index is 66.7. The summed E-state index contributed by atoms with van der Waals surface area (Å²) in [5.74, 6) is 0. The average Bonchev–Trinajstić information content (AvgIpc) is 0.722. The van der Waals surface area contributed by atoms with Crippen LogP contribution in [0.2, 0.25) is 0 Å². The van der Waals surface area contributed by atoms with Crippen LogP contribution in [0.25, 0.3) is 0 Å². The summed E-state index contributed by atoms with van der Waals surface area (Å²) in [4.78, 5) is 21.6. The second kappa shape index (κ2) is 12.5. The van der Waals surface area contributed by atoms with Crippen molar-refractivity contribution in [2.75, 3.05) is 0 Å². The van der Waals surface area contributed by atoms with Gasteiger partial charge in [-0.1, -0.05) is 0 Å². The molecule has 0 atom stereocenters. The molecule has 0 aliphatic rings. The molecule has 0 saturated carbocycles. The smallest absolute Gasteiger partial charge is 0.344 e. The van der Waals surface area contributed by atoms with Crippen molar-refractivity contribution in [3.8, 4) is 0 Å². The van der Waals surface area contributed by atoms with E-state index < -0.39 is 7.82 Å². The Morgan fingerprint density at radius 1 is 1.11 bits per heavy atom. The Morgan fingerprint density at radius 3 is 1.11 bits per heavy atom. The summed E-state index contributed by atoms with van der Waals surface area (Å²) in [5, 5.41) is 0. The first-order valence-electron chi connectivity index (χ1n) is 0.783. The molecule has 0 fully saturated rings. The molecule has 0 spiro atoms. The fraction of sp³-hybridized carbons (Fsp3) is 0. The molecule has 0 heterocycles. The molecule has 0 aliphatic heterocycles. The quantitative estimate of drug-likeness (QED) is 0.303. The Morgan fingerprint density at radius 2 is 1.11 bits per heavy atom. The first-order chi connectivity index (χ1) is 2.00. The predicted octanol–water partition coefficient (Wildman–Crippen LogP) is -1.69. The van der Waals surface area contributed by atoms with E-state index in [2.05, 4.69) is 0 Å². The molecule has 1 radical (unpaired) electrons. The van der Waals surface area contributed by atoms with Gasteiger partial charge in [-0.2, -0.15) is 0 Å². The van der Waals surface area contributed by atoms with Crippen LogP contribution in [0.1, 0.15) is 0 Å². The van der Waals surface area contributed by atoms with Crippen LogP contribution in [0.3, 0.4) is 0 Å². The average molecular weight is 252 g/mol. The van der Waals surface area contributed by atoms with Crippen LogP contribution < -0.4 is 6.15 Å². The monoisotopic (exact) mass is 252 g/mol. The van der Waals surface area contributed by atoms with Crippen LogP contribution in [0.4, 0.5) is 0 Å². The van der Waals surface area contributed by atoms with Gasteiger partial charge in [-0.25, -0.2) is 4.57 Å². The summed E-state index contributed by atoms with van der Waals surface area (Å²) in [7, 11) is -4.64. The minimum atomic E-state index is -4.64. The van der Waals surface area contributed by atoms with Gasteiger partial charge in [0.25, 0.3) is 0 Å². The minimum Gasteiger partial charge on any atom is -0.344 e. The van der Waals surface area contributed by atoms with E-state index in [1.165, 1.54) is 0 Å². The SMILES string of the molecule is N.O=P(O)(O)O.[Fe].[MgH2].[Mn]. The molecule has 0 rings (SSSR count). The first-order valence-corrected chi connectivity index (χ1v) is 2.35. The molecule has 0 aromatic heterocycles. The third-order valence-electron chi connectivity index (χ3n) is 0. The van der Waals surface area contributed by atoms with Crippen LogP contribution in [0.5, 0.6) is 0 Å². The van der Waals surface area contributed by atoms with Gasteiger partial charge in [0, 0.05) is 34.1 Å². The maximum atomic E-state index is 8.88. The third-order valence-corrected chi connectivity index (χ3v) is 0. The molecule has 0 amide bonds. The zero-order chi connectivity index (χ0) is 4.50. The number of hydrogen-bond acceptors (Lipinski definition) is 2. The molecule has 0 saturated heterocycles. The minimum absolute atomic E-state index is 0. The second-order valence-electron chi connectivity index (χ2n) is 0.513. The maximum Gasteiger partial charge on any atom is 0.466 e. The van der Waals surface area contributed by atoms with E-state index >= 15 is 0 Å². The fourth-order valence-corrected chi connectivity index (χ4v) is 0. The Kier molecular flexibility index (Phi) is 42.8. The van der Waals surface area contributed by atoms with Gasteiger partial charge in [-0.05, 0) is 0 Å². The molecule has 0 aromatic rings. The third kappa shape index (κ3) is 174. The summed E-state index contributed by atoms with van der Waals surface area (Å²) in [6, 6.07) is 0. The molecule has 0 aromatic carbocycles. The van der Waals surface area contributed by atoms with Crippen LogP contribution in [-0.2, 0) is 38.7 Å². The Hall–Kier alpha value is 1.88. The van der Waals surface area contributed by atoms with E-state index in [1.807, 2.05) is 0 Å². The van der Waals surface area contributed by atoms with Gasteiger partial charge in [0.1, 0.15) is 0 Å². The van der Waals surface area contributed by atoms with Crippen LogP contribution in [0.15, 0.2) is 0 Å². The van der Waals surface area contributed by atoms with Crippen LogP contribution in [-0.4, -0.2) is 37.7 Å². The molecule has 6 N–H and O–H groups in total. The normalized spacial score (nSPS) is 6.56. The Labute approximate surface area is 89.9 Å². The van der Waals surface area contributed by atoms with E-state index in [-0.39, 0.29) is 63.3 Å². The topological polar surface area (TPSA) is 113 Å². The van der Waals surface area contributed by atoms with E-state index in [9.17, 15) is 0 Å². The number of phosphoric acid groups is 1. The van der Waals surface area contributed by atoms with Gasteiger partial charge in [0.15, 0.2) is 0 Å². The predicted molar refractivity (Wildman–Crippen MR) is 27.8 cm³/mol. The van der Waals surface area contributed by atoms with E-state index in [4.69, 9.17) is 19.2 Å². The van der Waals surface area contributed by atoms with E-state index in [0.29, 0.717) is 0 Å². The summed E-state index contributed by atoms with van der Waals surface area (Å²) < 4.78 is 8.88. The van der Waals surface area contributed by atoms with Gasteiger partial charge >= 0.3 is 30.9 Å². The number of hydrogen-bond donors (Lipinski definition) is 4. The molecular weight excluding hydrogens is 244 g/mol. The Balaban J connectivity index is -0.0000000133. The summed E-state index contributed by atoms with van der Waals surface area (Å²) >= 11 is 0. The van der Waals surface area contributed by atoms with Crippen LogP contribution >= 0.6 is 7.82 Å². The zero-order valence-electron chi connectivity index (χ0n) is 3.64. The number of rotatable bonds is 0. The second-order valence-corrected chi connectivity index (χ2v) is 1.54. The summed E-state index contributed by atoms with van der Waals surface area (Å²) in [6.07, 6.45) is 0. The van der Waals surface area contributed by atoms with Gasteiger partial charge in [-0.15, -0.1) is 0 Å². The zero-order valence-corrected chi connectivity index (χ0v) is 6.81. The van der Waals surface area contributed by atoms with Crippen molar-refractivity contribution in [1.29, 1.82) is 0 Å². The van der Waals surface area contributed by atoms with Gasteiger partial charge in [-0.3, -0.25) is 0 Å². The molecule has 0 bridgehead atoms. The van der Waals surface area contributed by atoms with E-state index in [0.717, 1.165) is 0 Å². The molecule has 9 heteroatoms. The maximum absolute atomic E-state index is 8.88. The van der Waals surface area contributed by atoms with Crippen molar-refractivity contribution in [1.82, 2.24) is 6.15 Å². The first kappa shape index (κ1) is 30.7. The van der Waals surface area contributed by atoms with Crippen molar-refractivity contribution in [2.24, 2.45) is 0 Å². The molecule has 9 heavy (non-hydrogen) atoms. The van der Waals surface area contributed by atoms with Gasteiger partial charge in [0.2, 0.25) is 0 Å². The largest absolute Gasteiger partial charge is 0.466 e. The van der Waals surface area contributed by atoms with Gasteiger partial charge in [0.05, 0.1) is 0 Å². The molecule has 5 nitrogen and oxygen atoms in total. The van der Waals surface area contributed by atoms with Crippen molar-refractivity contribution >= 4 is 30.9 Å². The summed E-state index contributed by atoms with van der Waals surface area (Å²) in [5.41, 5.74) is 0. The van der Waals surface area contributed by atoms with Crippen molar-refractivity contribution in [2.45, 2.75) is 0 Å². The summed E-state index contributed by atoms with van der Waals surface area (Å²) in [6.45, 7) is 0. The fourth-order valence-electron chi connectivity index (χ4n) is 0. The van der Waals surface area contributed by atoms with E-state index in [1.54, 1.807) is 0 Å². The van der Waals surface area contributed by atoms with Crippen LogP contribution in [0, 0.1) is 0 Å². The standard InChI is InChI=1S/Fe.Mg.Mn.H3N.H3O4P.2H/c;;;;1-5(2,3)4;;/h;;;1H3;(H3,1,2,3,4);;. The van der Waals surface area contributed by atoms with Crippen molar-refractivity contribution in [3.63, 3.8) is 0 Å². The molecular formula is H8FeMgMnNO4P. The van der Waals surface area contributed by atoms with Crippen molar-refractivity contribution in [3.05, 3.63) is 0 Å². The molecule has 0 unspecified atom stereocenters. The molecule has 0 aliphatic carbocycles.